The van der Waals surface area contributed by atoms with Crippen molar-refractivity contribution in [3.05, 3.63) is 91.0 Å². The first kappa shape index (κ1) is 16.5. The van der Waals surface area contributed by atoms with Crippen LogP contribution in [0.4, 0.5) is 0 Å². The second-order valence-corrected chi connectivity index (χ2v) is 8.06. The van der Waals surface area contributed by atoms with E-state index >= 15 is 0 Å². The van der Waals surface area contributed by atoms with Crippen LogP contribution in [0.15, 0.2) is 91.0 Å². The first-order valence-electron chi connectivity index (χ1n) is 10.4. The maximum absolute atomic E-state index is 8.32. The minimum atomic E-state index is 0.0312. The van der Waals surface area contributed by atoms with Gasteiger partial charge in [0, 0.05) is 26.9 Å². The van der Waals surface area contributed by atoms with Crippen molar-refractivity contribution in [2.24, 2.45) is 5.73 Å². The number of hydrogen-bond donors (Lipinski definition) is 2. The normalized spacial score (nSPS) is 12.1. The van der Waals surface area contributed by atoms with Crippen LogP contribution in [0.5, 0.6) is 0 Å². The highest BCUT2D eigenvalue weighted by molar-refractivity contribution is 6.24. The molecular formula is C27H18N4. The van der Waals surface area contributed by atoms with Gasteiger partial charge in [-0.25, -0.2) is 0 Å². The highest BCUT2D eigenvalue weighted by atomic mass is 15.1. The Hall–Kier alpha value is -4.31. The number of para-hydroxylation sites is 2. The molecule has 0 atom stereocenters. The fraction of sp³-hybridized carbons (Fsp3) is 0. The van der Waals surface area contributed by atoms with Crippen LogP contribution in [-0.4, -0.2) is 14.9 Å². The van der Waals surface area contributed by atoms with Gasteiger partial charge in [0.1, 0.15) is 0 Å². The van der Waals surface area contributed by atoms with Crippen LogP contribution < -0.4 is 5.73 Å². The van der Waals surface area contributed by atoms with E-state index in [2.05, 4.69) is 77.2 Å². The summed E-state index contributed by atoms with van der Waals surface area (Å²) in [7, 11) is 0. The Morgan fingerprint density at radius 1 is 0.548 bits per heavy atom. The Balaban J connectivity index is 1.84. The number of nitrogens with two attached hydrogens (primary N) is 1. The van der Waals surface area contributed by atoms with E-state index in [9.17, 15) is 0 Å². The lowest BCUT2D eigenvalue weighted by atomic mass is 10.1. The Morgan fingerprint density at radius 2 is 1.10 bits per heavy atom. The molecule has 4 aromatic carbocycles. The molecule has 0 aliphatic rings. The van der Waals surface area contributed by atoms with Gasteiger partial charge in [-0.3, -0.25) is 9.98 Å². The van der Waals surface area contributed by atoms with Gasteiger partial charge in [0.25, 0.3) is 0 Å². The molecule has 146 valence electrons. The maximum Gasteiger partial charge on any atom is 0.197 e. The number of nitrogen functional groups attached to an aromatic ring is 1. The number of pyridine rings is 1. The van der Waals surface area contributed by atoms with Crippen molar-refractivity contribution in [3.8, 4) is 0 Å². The van der Waals surface area contributed by atoms with Gasteiger partial charge in [-0.2, -0.15) is 0 Å². The first-order chi connectivity index (χ1) is 15.2. The summed E-state index contributed by atoms with van der Waals surface area (Å²) in [5, 5.41) is 15.3. The van der Waals surface area contributed by atoms with Gasteiger partial charge in [-0.05, 0) is 29.7 Å². The minimum absolute atomic E-state index is 0.0312. The quantitative estimate of drug-likeness (QED) is 0.177. The molecule has 0 unspecified atom stereocenters. The molecule has 0 bridgehead atoms. The van der Waals surface area contributed by atoms with E-state index < -0.39 is 0 Å². The third-order valence-corrected chi connectivity index (χ3v) is 6.49. The molecule has 0 aliphatic carbocycles. The van der Waals surface area contributed by atoms with E-state index in [1.54, 1.807) is 0 Å². The molecule has 0 fully saturated rings. The molecule has 3 heterocycles. The highest BCUT2D eigenvalue weighted by Crippen LogP contribution is 2.39. The SMILES string of the molecule is N=C(N)n1c2ccccc2c2ccc3c(cc4c5ccccc5c5ccccc5n43)c21. The standard InChI is InChI=1S/C27H18N4/c28-27(29)31-23-12-6-4-10-19(23)20-13-14-24-21(26(20)31)15-25-18-9-2-1-7-16(18)17-8-3-5-11-22(17)30(24)25/h1-15H,(H3,28,29). The van der Waals surface area contributed by atoms with Crippen LogP contribution in [0.3, 0.4) is 0 Å². The van der Waals surface area contributed by atoms with E-state index in [4.69, 9.17) is 11.1 Å². The molecule has 7 rings (SSSR count). The number of rotatable bonds is 0. The van der Waals surface area contributed by atoms with E-state index in [0.717, 1.165) is 38.2 Å². The molecule has 0 saturated carbocycles. The zero-order chi connectivity index (χ0) is 20.7. The molecule has 0 radical (unpaired) electrons. The fourth-order valence-corrected chi connectivity index (χ4v) is 5.29. The molecular weight excluding hydrogens is 380 g/mol. The monoisotopic (exact) mass is 398 g/mol. The largest absolute Gasteiger partial charge is 0.369 e. The van der Waals surface area contributed by atoms with Crippen LogP contribution >= 0.6 is 0 Å². The number of nitrogens with one attached hydrogen (secondary N) is 1. The van der Waals surface area contributed by atoms with Crippen LogP contribution in [0.1, 0.15) is 0 Å². The van der Waals surface area contributed by atoms with Gasteiger partial charge in [0.05, 0.1) is 27.6 Å². The lowest BCUT2D eigenvalue weighted by Gasteiger charge is -2.10. The van der Waals surface area contributed by atoms with Crippen molar-refractivity contribution in [1.82, 2.24) is 8.97 Å². The van der Waals surface area contributed by atoms with Crippen molar-refractivity contribution < 1.29 is 0 Å². The van der Waals surface area contributed by atoms with Crippen molar-refractivity contribution in [2.75, 3.05) is 0 Å². The van der Waals surface area contributed by atoms with Crippen molar-refractivity contribution >= 4 is 65.9 Å². The van der Waals surface area contributed by atoms with Gasteiger partial charge in [-0.1, -0.05) is 66.7 Å². The zero-order valence-corrected chi connectivity index (χ0v) is 16.6. The number of nitrogens with zero attached hydrogens (tertiary/aromatic N) is 2. The number of fused-ring (bicyclic) bond motifs is 12. The average Bonchev–Trinajstić information content (AvgIpc) is 3.36. The van der Waals surface area contributed by atoms with Crippen molar-refractivity contribution in [2.45, 2.75) is 0 Å². The highest BCUT2D eigenvalue weighted by Gasteiger charge is 2.18. The molecule has 3 N–H and O–H groups in total. The van der Waals surface area contributed by atoms with Crippen molar-refractivity contribution in [3.63, 3.8) is 0 Å². The number of benzene rings is 4. The summed E-state index contributed by atoms with van der Waals surface area (Å²) in [5.41, 5.74) is 11.5. The summed E-state index contributed by atoms with van der Waals surface area (Å²) in [6.07, 6.45) is 0. The topological polar surface area (TPSA) is 59.2 Å². The van der Waals surface area contributed by atoms with Crippen molar-refractivity contribution in [1.29, 1.82) is 5.41 Å². The molecule has 0 spiro atoms. The average molecular weight is 398 g/mol. The summed E-state index contributed by atoms with van der Waals surface area (Å²) in [6.45, 7) is 0. The lowest BCUT2D eigenvalue weighted by molar-refractivity contribution is 1.19. The minimum Gasteiger partial charge on any atom is -0.369 e. The molecule has 4 nitrogen and oxygen atoms in total. The predicted octanol–water partition coefficient (Wildman–Crippen LogP) is 6.25. The Bertz CT molecular complexity index is 1870. The van der Waals surface area contributed by atoms with Gasteiger partial charge in [-0.15, -0.1) is 0 Å². The van der Waals surface area contributed by atoms with E-state index in [0.29, 0.717) is 0 Å². The summed E-state index contributed by atoms with van der Waals surface area (Å²) >= 11 is 0. The molecule has 0 aliphatic heterocycles. The molecule has 0 saturated heterocycles. The predicted molar refractivity (Wildman–Crippen MR) is 130 cm³/mol. The summed E-state index contributed by atoms with van der Waals surface area (Å²) in [4.78, 5) is 0. The van der Waals surface area contributed by atoms with E-state index in [1.807, 2.05) is 22.8 Å². The maximum atomic E-state index is 8.32. The molecule has 3 aromatic heterocycles. The fourth-order valence-electron chi connectivity index (χ4n) is 5.29. The summed E-state index contributed by atoms with van der Waals surface area (Å²) < 4.78 is 4.21. The second-order valence-electron chi connectivity index (χ2n) is 8.06. The van der Waals surface area contributed by atoms with Gasteiger partial charge >= 0.3 is 0 Å². The molecule has 0 amide bonds. The van der Waals surface area contributed by atoms with Gasteiger partial charge < -0.3 is 10.1 Å². The van der Waals surface area contributed by atoms with Crippen LogP contribution in [0.2, 0.25) is 0 Å². The Morgan fingerprint density at radius 3 is 1.81 bits per heavy atom. The molecule has 31 heavy (non-hydrogen) atoms. The zero-order valence-electron chi connectivity index (χ0n) is 16.6. The summed E-state index contributed by atoms with van der Waals surface area (Å²) in [5.74, 6) is 0.0312. The lowest BCUT2D eigenvalue weighted by Crippen LogP contribution is -2.20. The van der Waals surface area contributed by atoms with Crippen LogP contribution in [0.25, 0.3) is 59.9 Å². The van der Waals surface area contributed by atoms with Gasteiger partial charge in [0.2, 0.25) is 0 Å². The van der Waals surface area contributed by atoms with E-state index in [1.165, 1.54) is 21.7 Å². The second kappa shape index (κ2) is 5.64. The third kappa shape index (κ3) is 1.96. The van der Waals surface area contributed by atoms with Crippen LogP contribution in [0, 0.1) is 5.41 Å². The first-order valence-corrected chi connectivity index (χ1v) is 10.4. The van der Waals surface area contributed by atoms with Crippen LogP contribution in [-0.2, 0) is 0 Å². The Labute approximate surface area is 177 Å². The smallest absolute Gasteiger partial charge is 0.197 e. The molecule has 4 heteroatoms. The van der Waals surface area contributed by atoms with E-state index in [-0.39, 0.29) is 5.96 Å². The third-order valence-electron chi connectivity index (χ3n) is 6.49. The Kier molecular flexibility index (Phi) is 3.00. The molecule has 7 aromatic rings. The number of hydrogen-bond acceptors (Lipinski definition) is 1. The number of aromatic nitrogens is 2. The summed E-state index contributed by atoms with van der Waals surface area (Å²) in [6, 6.07) is 31.9. The van der Waals surface area contributed by atoms with Gasteiger partial charge in [0.15, 0.2) is 5.96 Å².